The summed E-state index contributed by atoms with van der Waals surface area (Å²) in [5, 5.41) is 9.86. The van der Waals surface area contributed by atoms with E-state index in [0.29, 0.717) is 10.8 Å². The zero-order chi connectivity index (χ0) is 19.1. The van der Waals surface area contributed by atoms with E-state index in [1.54, 1.807) is 73.0 Å². The number of phenolic OH excluding ortho intramolecular Hbond substituents is 1. The minimum absolute atomic E-state index is 0.199. The Hall–Kier alpha value is -3.37. The van der Waals surface area contributed by atoms with E-state index >= 15 is 0 Å². The Morgan fingerprint density at radius 2 is 1.70 bits per heavy atom. The average Bonchev–Trinajstić information content (AvgIpc) is 2.67. The number of hydrogen-bond acceptors (Lipinski definition) is 4. The summed E-state index contributed by atoms with van der Waals surface area (Å²) in [6.07, 6.45) is 4.69. The predicted octanol–water partition coefficient (Wildman–Crippen LogP) is 5.42. The molecular formula is C22H16ClNO3. The van der Waals surface area contributed by atoms with Crippen molar-refractivity contribution < 1.29 is 14.6 Å². The summed E-state index contributed by atoms with van der Waals surface area (Å²) in [7, 11) is 0. The summed E-state index contributed by atoms with van der Waals surface area (Å²) in [6.45, 7) is 0. The van der Waals surface area contributed by atoms with Crippen molar-refractivity contribution in [3.63, 3.8) is 0 Å². The van der Waals surface area contributed by atoms with Crippen LogP contribution in [-0.2, 0) is 4.79 Å². The van der Waals surface area contributed by atoms with Crippen LogP contribution < -0.4 is 4.74 Å². The molecule has 0 spiro atoms. The van der Waals surface area contributed by atoms with Gasteiger partial charge in [-0.15, -0.1) is 0 Å². The van der Waals surface area contributed by atoms with Gasteiger partial charge in [-0.2, -0.15) is 0 Å². The van der Waals surface area contributed by atoms with Crippen LogP contribution in [0.3, 0.4) is 0 Å². The lowest BCUT2D eigenvalue weighted by atomic mass is 10.2. The van der Waals surface area contributed by atoms with Crippen molar-refractivity contribution in [1.29, 1.82) is 0 Å². The second-order valence-corrected chi connectivity index (χ2v) is 6.09. The first-order valence-corrected chi connectivity index (χ1v) is 8.55. The molecule has 0 bridgehead atoms. The fourth-order valence-corrected chi connectivity index (χ4v) is 2.43. The summed E-state index contributed by atoms with van der Waals surface area (Å²) in [6, 6.07) is 20.8. The Labute approximate surface area is 162 Å². The van der Waals surface area contributed by atoms with E-state index in [1.807, 2.05) is 12.1 Å². The van der Waals surface area contributed by atoms with E-state index in [9.17, 15) is 9.90 Å². The third kappa shape index (κ3) is 5.83. The maximum atomic E-state index is 11.9. The fraction of sp³-hybridized carbons (Fsp3) is 0. The molecule has 0 aliphatic heterocycles. The number of rotatable bonds is 5. The molecule has 0 aliphatic carbocycles. The Balaban J connectivity index is 1.58. The van der Waals surface area contributed by atoms with Crippen molar-refractivity contribution in [3.05, 3.63) is 95.0 Å². The second kappa shape index (κ2) is 8.83. The molecule has 3 aromatic carbocycles. The minimum Gasteiger partial charge on any atom is -0.508 e. The molecule has 0 saturated carbocycles. The third-order valence-electron chi connectivity index (χ3n) is 3.57. The minimum atomic E-state index is -0.472. The van der Waals surface area contributed by atoms with Crippen molar-refractivity contribution in [2.24, 2.45) is 4.99 Å². The van der Waals surface area contributed by atoms with Gasteiger partial charge in [-0.05, 0) is 77.9 Å². The largest absolute Gasteiger partial charge is 0.508 e. The molecule has 0 atom stereocenters. The van der Waals surface area contributed by atoms with E-state index in [1.165, 1.54) is 6.08 Å². The van der Waals surface area contributed by atoms with E-state index in [-0.39, 0.29) is 5.75 Å². The number of carbonyl (C=O) groups is 1. The van der Waals surface area contributed by atoms with E-state index in [4.69, 9.17) is 16.3 Å². The highest BCUT2D eigenvalue weighted by molar-refractivity contribution is 6.30. The van der Waals surface area contributed by atoms with Gasteiger partial charge in [0.15, 0.2) is 0 Å². The van der Waals surface area contributed by atoms with Crippen LogP contribution >= 0.6 is 11.6 Å². The normalized spacial score (nSPS) is 11.1. The van der Waals surface area contributed by atoms with Crippen LogP contribution in [-0.4, -0.2) is 17.3 Å². The topological polar surface area (TPSA) is 58.9 Å². The lowest BCUT2D eigenvalue weighted by Crippen LogP contribution is -2.03. The first-order chi connectivity index (χ1) is 13.1. The maximum absolute atomic E-state index is 11.9. The summed E-state index contributed by atoms with van der Waals surface area (Å²) >= 11 is 5.90. The summed E-state index contributed by atoms with van der Waals surface area (Å²) in [5.41, 5.74) is 2.41. The molecule has 27 heavy (non-hydrogen) atoms. The van der Waals surface area contributed by atoms with Crippen molar-refractivity contribution in [3.8, 4) is 11.5 Å². The molecule has 3 rings (SSSR count). The highest BCUT2D eigenvalue weighted by atomic mass is 35.5. The van der Waals surface area contributed by atoms with Gasteiger partial charge in [0.25, 0.3) is 0 Å². The van der Waals surface area contributed by atoms with E-state index < -0.39 is 5.97 Å². The molecular weight excluding hydrogens is 362 g/mol. The summed E-state index contributed by atoms with van der Waals surface area (Å²) < 4.78 is 5.27. The number of aliphatic imine (C=N–C) groups is 1. The molecule has 134 valence electrons. The molecule has 0 heterocycles. The van der Waals surface area contributed by atoms with Crippen LogP contribution in [0, 0.1) is 0 Å². The van der Waals surface area contributed by atoms with Gasteiger partial charge in [-0.3, -0.25) is 4.99 Å². The lowest BCUT2D eigenvalue weighted by molar-refractivity contribution is -0.128. The molecule has 0 aromatic heterocycles. The number of hydrogen-bond donors (Lipinski definition) is 1. The van der Waals surface area contributed by atoms with Crippen molar-refractivity contribution >= 4 is 35.5 Å². The first-order valence-electron chi connectivity index (χ1n) is 8.17. The van der Waals surface area contributed by atoms with Crippen molar-refractivity contribution in [1.82, 2.24) is 0 Å². The average molecular weight is 378 g/mol. The molecule has 3 aromatic rings. The monoisotopic (exact) mass is 377 g/mol. The Morgan fingerprint density at radius 3 is 2.41 bits per heavy atom. The van der Waals surface area contributed by atoms with Gasteiger partial charge in [0.1, 0.15) is 11.5 Å². The third-order valence-corrected chi connectivity index (χ3v) is 3.81. The maximum Gasteiger partial charge on any atom is 0.336 e. The molecule has 4 nitrogen and oxygen atoms in total. The van der Waals surface area contributed by atoms with Crippen LogP contribution in [0.25, 0.3) is 6.08 Å². The van der Waals surface area contributed by atoms with Crippen LogP contribution in [0.15, 0.2) is 83.9 Å². The zero-order valence-electron chi connectivity index (χ0n) is 14.2. The van der Waals surface area contributed by atoms with Gasteiger partial charge in [0.05, 0.1) is 5.69 Å². The number of phenols is 1. The van der Waals surface area contributed by atoms with Gasteiger partial charge in [-0.25, -0.2) is 4.79 Å². The molecule has 0 radical (unpaired) electrons. The van der Waals surface area contributed by atoms with E-state index in [2.05, 4.69) is 4.99 Å². The van der Waals surface area contributed by atoms with Gasteiger partial charge in [0.2, 0.25) is 0 Å². The molecule has 0 amide bonds. The second-order valence-electron chi connectivity index (χ2n) is 5.65. The SMILES string of the molecule is O=C(/C=C/c1cccc(Cl)c1)Oc1ccc(C=Nc2ccc(O)cc2)cc1. The Bertz CT molecular complexity index is 977. The molecule has 0 saturated heterocycles. The number of halogens is 1. The number of aromatic hydroxyl groups is 1. The van der Waals surface area contributed by atoms with Gasteiger partial charge in [-0.1, -0.05) is 23.7 Å². The van der Waals surface area contributed by atoms with Gasteiger partial charge in [0, 0.05) is 17.3 Å². The van der Waals surface area contributed by atoms with Crippen LogP contribution in [0.1, 0.15) is 11.1 Å². The van der Waals surface area contributed by atoms with Gasteiger partial charge >= 0.3 is 5.97 Å². The molecule has 5 heteroatoms. The Morgan fingerprint density at radius 1 is 0.963 bits per heavy atom. The van der Waals surface area contributed by atoms with E-state index in [0.717, 1.165) is 16.8 Å². The molecule has 0 fully saturated rings. The molecule has 0 aliphatic rings. The highest BCUT2D eigenvalue weighted by Gasteiger charge is 2.01. The lowest BCUT2D eigenvalue weighted by Gasteiger charge is -2.02. The number of esters is 1. The standard InChI is InChI=1S/C22H16ClNO3/c23-18-3-1-2-16(14-18)6-13-22(26)27-21-11-4-17(5-12-21)15-24-19-7-9-20(25)10-8-19/h1-15,25H/b13-6+,24-15?. The number of carbonyl (C=O) groups excluding carboxylic acids is 1. The fourth-order valence-electron chi connectivity index (χ4n) is 2.23. The molecule has 1 N–H and O–H groups in total. The van der Waals surface area contributed by atoms with Crippen molar-refractivity contribution in [2.75, 3.05) is 0 Å². The first kappa shape index (κ1) is 18.4. The zero-order valence-corrected chi connectivity index (χ0v) is 15.0. The summed E-state index contributed by atoms with van der Waals surface area (Å²) in [4.78, 5) is 16.2. The van der Waals surface area contributed by atoms with Crippen LogP contribution in [0.2, 0.25) is 5.02 Å². The molecule has 0 unspecified atom stereocenters. The number of benzene rings is 3. The smallest absolute Gasteiger partial charge is 0.336 e. The Kier molecular flexibility index (Phi) is 6.02. The summed E-state index contributed by atoms with van der Waals surface area (Å²) in [5.74, 6) is 0.169. The van der Waals surface area contributed by atoms with Crippen LogP contribution in [0.4, 0.5) is 5.69 Å². The number of nitrogens with zero attached hydrogens (tertiary/aromatic N) is 1. The van der Waals surface area contributed by atoms with Crippen LogP contribution in [0.5, 0.6) is 11.5 Å². The highest BCUT2D eigenvalue weighted by Crippen LogP contribution is 2.17. The van der Waals surface area contributed by atoms with Gasteiger partial charge < -0.3 is 9.84 Å². The number of ether oxygens (including phenoxy) is 1. The quantitative estimate of drug-likeness (QED) is 0.280. The van der Waals surface area contributed by atoms with Crippen molar-refractivity contribution in [2.45, 2.75) is 0 Å². The predicted molar refractivity (Wildman–Crippen MR) is 108 cm³/mol.